The first-order valence-corrected chi connectivity index (χ1v) is 3.68. The van der Waals surface area contributed by atoms with Crippen LogP contribution in [-0.4, -0.2) is 16.1 Å². The van der Waals surface area contributed by atoms with Crippen LogP contribution in [-0.2, 0) is 0 Å². The molecule has 1 N–H and O–H groups in total. The molecule has 7 heteroatoms. The van der Waals surface area contributed by atoms with Gasteiger partial charge in [-0.1, -0.05) is 11.6 Å². The van der Waals surface area contributed by atoms with Crippen molar-refractivity contribution >= 4 is 17.6 Å². The highest BCUT2D eigenvalue weighted by molar-refractivity contribution is 6.31. The number of hydrogen-bond acceptors (Lipinski definition) is 2. The van der Waals surface area contributed by atoms with Crippen LogP contribution in [0.2, 0.25) is 5.02 Å². The van der Waals surface area contributed by atoms with E-state index in [4.69, 9.17) is 16.7 Å². The molecule has 0 fully saturated rings. The molecule has 0 bridgehead atoms. The van der Waals surface area contributed by atoms with Gasteiger partial charge in [-0.25, -0.2) is 18.6 Å². The zero-order valence-electron chi connectivity index (χ0n) is 6.47. The van der Waals surface area contributed by atoms with Gasteiger partial charge in [0, 0.05) is 5.56 Å². The monoisotopic (exact) mass is 225 g/mol. The standard InChI is InChI=1S/C7H3ClF3NO2/c8-4-2(5(9)10)1-3(7(13)14)12-6(4)11/h1,5H,(H,13,14). The van der Waals surface area contributed by atoms with Gasteiger partial charge < -0.3 is 5.11 Å². The molecule has 14 heavy (non-hydrogen) atoms. The lowest BCUT2D eigenvalue weighted by Crippen LogP contribution is -2.05. The maximum atomic E-state index is 12.7. The van der Waals surface area contributed by atoms with Gasteiger partial charge in [-0.2, -0.15) is 4.39 Å². The van der Waals surface area contributed by atoms with E-state index in [1.165, 1.54) is 0 Å². The van der Waals surface area contributed by atoms with Crippen molar-refractivity contribution in [1.82, 2.24) is 4.98 Å². The van der Waals surface area contributed by atoms with Crippen molar-refractivity contribution in [2.75, 3.05) is 0 Å². The van der Waals surface area contributed by atoms with Gasteiger partial charge in [-0.15, -0.1) is 0 Å². The molecule has 1 rings (SSSR count). The smallest absolute Gasteiger partial charge is 0.354 e. The molecule has 0 atom stereocenters. The summed E-state index contributed by atoms with van der Waals surface area (Å²) in [5, 5.41) is 7.53. The van der Waals surface area contributed by atoms with Crippen LogP contribution in [0, 0.1) is 5.95 Å². The summed E-state index contributed by atoms with van der Waals surface area (Å²) in [7, 11) is 0. The molecule has 0 unspecified atom stereocenters. The number of alkyl halides is 2. The molecule has 0 aliphatic carbocycles. The zero-order chi connectivity index (χ0) is 10.9. The quantitative estimate of drug-likeness (QED) is 0.787. The van der Waals surface area contributed by atoms with Gasteiger partial charge in [0.25, 0.3) is 6.43 Å². The summed E-state index contributed by atoms with van der Waals surface area (Å²) < 4.78 is 37.1. The fourth-order valence-electron chi connectivity index (χ4n) is 0.785. The number of carboxylic acid groups (broad SMARTS) is 1. The van der Waals surface area contributed by atoms with Gasteiger partial charge in [0.05, 0.1) is 0 Å². The number of nitrogens with zero attached hydrogens (tertiary/aromatic N) is 1. The third kappa shape index (κ3) is 1.95. The third-order valence-electron chi connectivity index (χ3n) is 1.40. The van der Waals surface area contributed by atoms with Crippen LogP contribution >= 0.6 is 11.6 Å². The Morgan fingerprint density at radius 2 is 2.14 bits per heavy atom. The Hall–Kier alpha value is -1.30. The summed E-state index contributed by atoms with van der Waals surface area (Å²) in [5.74, 6) is -3.01. The number of carbonyl (C=O) groups is 1. The van der Waals surface area contributed by atoms with E-state index in [-0.39, 0.29) is 0 Å². The molecule has 0 aromatic carbocycles. The molecule has 0 saturated heterocycles. The summed E-state index contributed by atoms with van der Waals surface area (Å²) in [6.45, 7) is 0. The van der Waals surface area contributed by atoms with Crippen molar-refractivity contribution < 1.29 is 23.1 Å². The molecule has 0 saturated carbocycles. The molecule has 1 aromatic heterocycles. The lowest BCUT2D eigenvalue weighted by atomic mass is 10.2. The van der Waals surface area contributed by atoms with Gasteiger partial charge in [0.2, 0.25) is 5.95 Å². The van der Waals surface area contributed by atoms with Crippen molar-refractivity contribution in [3.05, 3.63) is 28.3 Å². The van der Waals surface area contributed by atoms with E-state index >= 15 is 0 Å². The van der Waals surface area contributed by atoms with Gasteiger partial charge in [-0.3, -0.25) is 0 Å². The van der Waals surface area contributed by atoms with Gasteiger partial charge in [0.15, 0.2) is 5.69 Å². The lowest BCUT2D eigenvalue weighted by Gasteiger charge is -2.04. The molecule has 0 aliphatic heterocycles. The highest BCUT2D eigenvalue weighted by Crippen LogP contribution is 2.28. The van der Waals surface area contributed by atoms with E-state index in [2.05, 4.69) is 4.98 Å². The number of pyridine rings is 1. The van der Waals surface area contributed by atoms with Crippen molar-refractivity contribution in [3.8, 4) is 0 Å². The molecular weight excluding hydrogens is 223 g/mol. The SMILES string of the molecule is O=C(O)c1cc(C(F)F)c(Cl)c(F)n1. The number of rotatable bonds is 2. The molecule has 0 radical (unpaired) electrons. The Labute approximate surface area is 81.1 Å². The normalized spacial score (nSPS) is 10.6. The minimum atomic E-state index is -3.04. The van der Waals surface area contributed by atoms with Crippen LogP contribution in [0.3, 0.4) is 0 Å². The molecular formula is C7H3ClF3NO2. The largest absolute Gasteiger partial charge is 0.477 e. The maximum Gasteiger partial charge on any atom is 0.354 e. The van der Waals surface area contributed by atoms with E-state index in [1.54, 1.807) is 0 Å². The van der Waals surface area contributed by atoms with Crippen LogP contribution in [0.4, 0.5) is 13.2 Å². The summed E-state index contributed by atoms with van der Waals surface area (Å²) in [6, 6.07) is 0.540. The van der Waals surface area contributed by atoms with Crippen LogP contribution in [0.25, 0.3) is 0 Å². The molecule has 76 valence electrons. The first-order chi connectivity index (χ1) is 6.43. The number of aromatic nitrogens is 1. The second-order valence-corrected chi connectivity index (χ2v) is 2.69. The predicted octanol–water partition coefficient (Wildman–Crippen LogP) is 2.51. The van der Waals surface area contributed by atoms with E-state index in [0.29, 0.717) is 6.07 Å². The lowest BCUT2D eigenvalue weighted by molar-refractivity contribution is 0.0688. The molecule has 0 aliphatic rings. The second-order valence-electron chi connectivity index (χ2n) is 2.31. The van der Waals surface area contributed by atoms with Crippen molar-refractivity contribution in [1.29, 1.82) is 0 Å². The van der Waals surface area contributed by atoms with E-state index in [1.807, 2.05) is 0 Å². The Kier molecular flexibility index (Phi) is 2.95. The van der Waals surface area contributed by atoms with Gasteiger partial charge in [-0.05, 0) is 6.07 Å². The van der Waals surface area contributed by atoms with E-state index in [9.17, 15) is 18.0 Å². The summed E-state index contributed by atoms with van der Waals surface area (Å²) in [4.78, 5) is 13.2. The molecule has 0 spiro atoms. The second kappa shape index (κ2) is 3.83. The molecule has 0 amide bonds. The molecule has 1 heterocycles. The van der Waals surface area contributed by atoms with Gasteiger partial charge in [0.1, 0.15) is 5.02 Å². The molecule has 1 aromatic rings. The highest BCUT2D eigenvalue weighted by Gasteiger charge is 2.20. The number of aromatic carboxylic acids is 1. The average Bonchev–Trinajstić information content (AvgIpc) is 2.08. The summed E-state index contributed by atoms with van der Waals surface area (Å²) in [6.07, 6.45) is -3.04. The fourth-order valence-corrected chi connectivity index (χ4v) is 0.965. The Balaban J connectivity index is 3.35. The molecule has 3 nitrogen and oxygen atoms in total. The maximum absolute atomic E-state index is 12.7. The summed E-state index contributed by atoms with van der Waals surface area (Å²) in [5.41, 5.74) is -1.68. The van der Waals surface area contributed by atoms with E-state index in [0.717, 1.165) is 0 Å². The Morgan fingerprint density at radius 3 is 2.57 bits per heavy atom. The van der Waals surface area contributed by atoms with Crippen LogP contribution in [0.1, 0.15) is 22.5 Å². The average molecular weight is 226 g/mol. The fraction of sp³-hybridized carbons (Fsp3) is 0.143. The number of carboxylic acids is 1. The topological polar surface area (TPSA) is 50.2 Å². The van der Waals surface area contributed by atoms with Crippen molar-refractivity contribution in [3.63, 3.8) is 0 Å². The zero-order valence-corrected chi connectivity index (χ0v) is 7.23. The Bertz CT molecular complexity index is 383. The summed E-state index contributed by atoms with van der Waals surface area (Å²) >= 11 is 5.15. The van der Waals surface area contributed by atoms with Gasteiger partial charge >= 0.3 is 5.97 Å². The minimum absolute atomic E-state index is 0.540. The van der Waals surface area contributed by atoms with Crippen molar-refractivity contribution in [2.24, 2.45) is 0 Å². The first kappa shape index (κ1) is 10.8. The number of hydrogen-bond donors (Lipinski definition) is 1. The first-order valence-electron chi connectivity index (χ1n) is 3.31. The third-order valence-corrected chi connectivity index (χ3v) is 1.77. The van der Waals surface area contributed by atoms with E-state index < -0.39 is 34.6 Å². The van der Waals surface area contributed by atoms with Crippen LogP contribution in [0.15, 0.2) is 6.07 Å². The van der Waals surface area contributed by atoms with Crippen LogP contribution in [0.5, 0.6) is 0 Å². The van der Waals surface area contributed by atoms with Crippen molar-refractivity contribution in [2.45, 2.75) is 6.43 Å². The minimum Gasteiger partial charge on any atom is -0.477 e. The Morgan fingerprint density at radius 1 is 1.57 bits per heavy atom. The highest BCUT2D eigenvalue weighted by atomic mass is 35.5. The predicted molar refractivity (Wildman–Crippen MR) is 41.1 cm³/mol. The van der Waals surface area contributed by atoms with Crippen LogP contribution < -0.4 is 0 Å². The number of halogens is 4.